The lowest BCUT2D eigenvalue weighted by molar-refractivity contribution is -0.136. The normalized spacial score (nSPS) is 10.0. The molecule has 0 heterocycles. The van der Waals surface area contributed by atoms with Gasteiger partial charge in [-0.2, -0.15) is 0 Å². The monoisotopic (exact) mass is 339 g/mol. The fraction of sp³-hybridized carbons (Fsp3) is 0.111. The van der Waals surface area contributed by atoms with Crippen molar-refractivity contribution >= 4 is 40.6 Å². The summed E-state index contributed by atoms with van der Waals surface area (Å²) in [6.45, 7) is 2.57. The maximum Gasteiger partial charge on any atom is 0.323 e. The lowest BCUT2D eigenvalue weighted by Gasteiger charge is -2.18. The van der Waals surface area contributed by atoms with E-state index in [1.807, 2.05) is 0 Å². The molecule has 0 fully saturated rings. The van der Waals surface area contributed by atoms with Crippen LogP contribution < -0.4 is 16.0 Å². The van der Waals surface area contributed by atoms with Crippen molar-refractivity contribution in [2.75, 3.05) is 16.0 Å². The highest BCUT2D eigenvalue weighted by molar-refractivity contribution is 6.48. The third-order valence-corrected chi connectivity index (χ3v) is 3.39. The molecule has 25 heavy (non-hydrogen) atoms. The Kier molecular flexibility index (Phi) is 5.28. The molecular weight excluding hydrogens is 322 g/mol. The van der Waals surface area contributed by atoms with E-state index in [4.69, 9.17) is 5.73 Å². The van der Waals surface area contributed by atoms with Crippen LogP contribution in [-0.2, 0) is 14.4 Å². The SMILES string of the molecule is CC(=O)c1cccc(NC(=O)C(=O)N(C(C)=O)c2ccc(N)cc2)c1. The van der Waals surface area contributed by atoms with Gasteiger partial charge >= 0.3 is 11.8 Å². The second kappa shape index (κ2) is 7.39. The van der Waals surface area contributed by atoms with E-state index >= 15 is 0 Å². The van der Waals surface area contributed by atoms with E-state index in [0.717, 1.165) is 4.90 Å². The minimum atomic E-state index is -1.04. The zero-order chi connectivity index (χ0) is 18.6. The summed E-state index contributed by atoms with van der Waals surface area (Å²) >= 11 is 0. The molecule has 0 saturated heterocycles. The number of ketones is 1. The van der Waals surface area contributed by atoms with Crippen LogP contribution in [0.5, 0.6) is 0 Å². The van der Waals surface area contributed by atoms with E-state index < -0.39 is 17.7 Å². The number of nitrogens with one attached hydrogen (secondary N) is 1. The highest BCUT2D eigenvalue weighted by Gasteiger charge is 2.27. The molecule has 0 aliphatic heterocycles. The minimum Gasteiger partial charge on any atom is -0.399 e. The zero-order valence-corrected chi connectivity index (χ0v) is 13.8. The molecule has 0 atom stereocenters. The summed E-state index contributed by atoms with van der Waals surface area (Å²) in [5.74, 6) is -2.81. The van der Waals surface area contributed by atoms with Crippen molar-refractivity contribution in [2.24, 2.45) is 0 Å². The summed E-state index contributed by atoms with van der Waals surface area (Å²) in [6.07, 6.45) is 0. The number of nitrogens with zero attached hydrogens (tertiary/aromatic N) is 1. The number of rotatable bonds is 3. The fourth-order valence-corrected chi connectivity index (χ4v) is 2.17. The summed E-state index contributed by atoms with van der Waals surface area (Å²) in [5, 5.41) is 2.39. The topological polar surface area (TPSA) is 110 Å². The Balaban J connectivity index is 2.23. The Bertz CT molecular complexity index is 844. The Morgan fingerprint density at radius 2 is 1.60 bits per heavy atom. The molecule has 0 aliphatic rings. The molecule has 128 valence electrons. The van der Waals surface area contributed by atoms with Crippen LogP contribution >= 0.6 is 0 Å². The summed E-state index contributed by atoms with van der Waals surface area (Å²) in [5.41, 5.74) is 6.96. The van der Waals surface area contributed by atoms with Gasteiger partial charge in [0.25, 0.3) is 0 Å². The summed E-state index contributed by atoms with van der Waals surface area (Å²) in [7, 11) is 0. The smallest absolute Gasteiger partial charge is 0.323 e. The number of carbonyl (C=O) groups is 4. The molecule has 0 bridgehead atoms. The molecule has 0 aromatic heterocycles. The van der Waals surface area contributed by atoms with Gasteiger partial charge in [0.05, 0.1) is 5.69 Å². The van der Waals surface area contributed by atoms with Gasteiger partial charge in [-0.25, -0.2) is 4.90 Å². The standard InChI is InChI=1S/C18H17N3O4/c1-11(22)13-4-3-5-15(10-13)20-17(24)18(25)21(12(2)23)16-8-6-14(19)7-9-16/h3-10H,19H2,1-2H3,(H,20,24). The average molecular weight is 339 g/mol. The van der Waals surface area contributed by atoms with Crippen molar-refractivity contribution in [3.05, 3.63) is 54.1 Å². The van der Waals surface area contributed by atoms with Gasteiger partial charge in [0, 0.05) is 23.9 Å². The molecule has 2 aromatic rings. The first kappa shape index (κ1) is 17.9. The van der Waals surface area contributed by atoms with Gasteiger partial charge in [-0.15, -0.1) is 0 Å². The zero-order valence-electron chi connectivity index (χ0n) is 13.8. The predicted octanol–water partition coefficient (Wildman–Crippen LogP) is 1.99. The molecule has 0 spiro atoms. The van der Waals surface area contributed by atoms with Crippen LogP contribution in [0.25, 0.3) is 0 Å². The van der Waals surface area contributed by atoms with E-state index in [1.165, 1.54) is 44.2 Å². The molecule has 0 aliphatic carbocycles. The van der Waals surface area contributed by atoms with Crippen molar-refractivity contribution in [3.63, 3.8) is 0 Å². The quantitative estimate of drug-likeness (QED) is 0.505. The molecule has 7 heteroatoms. The van der Waals surface area contributed by atoms with Crippen LogP contribution in [0.3, 0.4) is 0 Å². The van der Waals surface area contributed by atoms with E-state index in [-0.39, 0.29) is 17.2 Å². The number of amides is 3. The first-order valence-electron chi connectivity index (χ1n) is 7.42. The minimum absolute atomic E-state index is 0.172. The van der Waals surface area contributed by atoms with E-state index in [1.54, 1.807) is 18.2 Å². The van der Waals surface area contributed by atoms with Gasteiger partial charge in [0.15, 0.2) is 5.78 Å². The number of benzene rings is 2. The van der Waals surface area contributed by atoms with E-state index in [0.29, 0.717) is 11.3 Å². The maximum atomic E-state index is 12.4. The predicted molar refractivity (Wildman–Crippen MR) is 94.1 cm³/mol. The van der Waals surface area contributed by atoms with Crippen LogP contribution in [0, 0.1) is 0 Å². The van der Waals surface area contributed by atoms with Crippen molar-refractivity contribution in [2.45, 2.75) is 13.8 Å². The number of anilines is 3. The van der Waals surface area contributed by atoms with Gasteiger partial charge in [-0.05, 0) is 43.3 Å². The van der Waals surface area contributed by atoms with Crippen LogP contribution in [0.4, 0.5) is 17.1 Å². The molecule has 0 radical (unpaired) electrons. The Hall–Kier alpha value is -3.48. The summed E-state index contributed by atoms with van der Waals surface area (Å²) in [4.78, 5) is 48.6. The van der Waals surface area contributed by atoms with Crippen molar-refractivity contribution < 1.29 is 19.2 Å². The van der Waals surface area contributed by atoms with Crippen LogP contribution in [0.2, 0.25) is 0 Å². The van der Waals surface area contributed by atoms with E-state index in [9.17, 15) is 19.2 Å². The average Bonchev–Trinajstić information content (AvgIpc) is 2.56. The number of carbonyl (C=O) groups excluding carboxylic acids is 4. The summed E-state index contributed by atoms with van der Waals surface area (Å²) in [6, 6.07) is 12.2. The number of nitrogen functional groups attached to an aromatic ring is 1. The molecule has 3 amide bonds. The lowest BCUT2D eigenvalue weighted by atomic mass is 10.1. The summed E-state index contributed by atoms with van der Waals surface area (Å²) < 4.78 is 0. The van der Waals surface area contributed by atoms with E-state index in [2.05, 4.69) is 5.32 Å². The second-order valence-electron chi connectivity index (χ2n) is 5.34. The highest BCUT2D eigenvalue weighted by Crippen LogP contribution is 2.18. The molecular formula is C18H17N3O4. The number of Topliss-reactive ketones (excluding diaryl/α,β-unsaturated/α-hetero) is 1. The van der Waals surface area contributed by atoms with Crippen molar-refractivity contribution in [1.82, 2.24) is 0 Å². The molecule has 7 nitrogen and oxygen atoms in total. The van der Waals surface area contributed by atoms with Gasteiger partial charge in [0.2, 0.25) is 5.91 Å². The maximum absolute atomic E-state index is 12.4. The third kappa shape index (κ3) is 4.29. The molecule has 0 unspecified atom stereocenters. The lowest BCUT2D eigenvalue weighted by Crippen LogP contribution is -2.42. The van der Waals surface area contributed by atoms with Gasteiger partial charge in [0.1, 0.15) is 0 Å². The van der Waals surface area contributed by atoms with Crippen LogP contribution in [0.15, 0.2) is 48.5 Å². The molecule has 3 N–H and O–H groups in total. The third-order valence-electron chi connectivity index (χ3n) is 3.39. The van der Waals surface area contributed by atoms with Crippen LogP contribution in [-0.4, -0.2) is 23.5 Å². The van der Waals surface area contributed by atoms with Crippen LogP contribution in [0.1, 0.15) is 24.2 Å². The molecule has 2 aromatic carbocycles. The van der Waals surface area contributed by atoms with Gasteiger partial charge in [-0.1, -0.05) is 12.1 Å². The van der Waals surface area contributed by atoms with Gasteiger partial charge in [-0.3, -0.25) is 19.2 Å². The second-order valence-corrected chi connectivity index (χ2v) is 5.34. The Morgan fingerprint density at radius 3 is 2.16 bits per heavy atom. The molecule has 0 saturated carbocycles. The first-order valence-corrected chi connectivity index (χ1v) is 7.42. The number of imide groups is 1. The number of nitrogens with two attached hydrogens (primary N) is 1. The first-order chi connectivity index (χ1) is 11.8. The number of hydrogen-bond donors (Lipinski definition) is 2. The van der Waals surface area contributed by atoms with Crippen molar-refractivity contribution in [1.29, 1.82) is 0 Å². The Labute approximate surface area is 144 Å². The molecule has 2 rings (SSSR count). The van der Waals surface area contributed by atoms with Gasteiger partial charge < -0.3 is 11.1 Å². The largest absolute Gasteiger partial charge is 0.399 e. The fourth-order valence-electron chi connectivity index (χ4n) is 2.17. The highest BCUT2D eigenvalue weighted by atomic mass is 16.2. The van der Waals surface area contributed by atoms with Crippen molar-refractivity contribution in [3.8, 4) is 0 Å². The number of hydrogen-bond acceptors (Lipinski definition) is 5. The Morgan fingerprint density at radius 1 is 0.960 bits per heavy atom.